The number of halogens is 2. The summed E-state index contributed by atoms with van der Waals surface area (Å²) < 4.78 is 28.1. The van der Waals surface area contributed by atoms with Gasteiger partial charge in [0.05, 0.1) is 11.8 Å². The highest BCUT2D eigenvalue weighted by atomic mass is 19.3. The number of rotatable bonds is 1. The quantitative estimate of drug-likeness (QED) is 0.572. The molecule has 1 aromatic rings. The molecule has 0 saturated carbocycles. The Bertz CT molecular complexity index is 193. The molecule has 0 saturated heterocycles. The van der Waals surface area contributed by atoms with Crippen LogP contribution in [0.15, 0.2) is 16.7 Å². The zero-order valence-corrected chi connectivity index (χ0v) is 4.90. The highest BCUT2D eigenvalue weighted by Gasteiger charge is 2.08. The molecule has 0 spiro atoms. The van der Waals surface area contributed by atoms with E-state index in [1.807, 2.05) is 0 Å². The maximum atomic E-state index is 11.7. The van der Waals surface area contributed by atoms with Crippen molar-refractivity contribution in [2.45, 2.75) is 13.3 Å². The summed E-state index contributed by atoms with van der Waals surface area (Å²) in [6, 6.07) is 1.32. The number of hydrogen-bond acceptors (Lipinski definition) is 1. The topological polar surface area (TPSA) is 13.1 Å². The number of furan rings is 1. The van der Waals surface area contributed by atoms with Crippen LogP contribution in [-0.2, 0) is 0 Å². The Kier molecular flexibility index (Phi) is 1.51. The Balaban J connectivity index is 2.85. The molecule has 0 amide bonds. The van der Waals surface area contributed by atoms with Crippen LogP contribution in [0, 0.1) is 6.92 Å². The molecule has 0 bridgehead atoms. The van der Waals surface area contributed by atoms with Gasteiger partial charge >= 0.3 is 0 Å². The molecule has 0 aliphatic rings. The van der Waals surface area contributed by atoms with Crippen molar-refractivity contribution in [1.82, 2.24) is 0 Å². The molecule has 0 aliphatic carbocycles. The summed E-state index contributed by atoms with van der Waals surface area (Å²) in [5, 5.41) is 0. The van der Waals surface area contributed by atoms with Crippen LogP contribution in [0.5, 0.6) is 0 Å². The van der Waals surface area contributed by atoms with Crippen molar-refractivity contribution in [3.63, 3.8) is 0 Å². The lowest BCUT2D eigenvalue weighted by Gasteiger charge is -1.86. The van der Waals surface area contributed by atoms with E-state index in [2.05, 4.69) is 4.42 Å². The molecule has 50 valence electrons. The van der Waals surface area contributed by atoms with E-state index in [1.165, 1.54) is 6.07 Å². The number of hydrogen-bond donors (Lipinski definition) is 0. The van der Waals surface area contributed by atoms with Crippen molar-refractivity contribution in [1.29, 1.82) is 0 Å². The molecule has 1 nitrogen and oxygen atoms in total. The van der Waals surface area contributed by atoms with Crippen molar-refractivity contribution in [2.75, 3.05) is 0 Å². The monoisotopic (exact) mass is 132 g/mol. The minimum atomic E-state index is -2.41. The molecular weight excluding hydrogens is 126 g/mol. The first-order valence-electron chi connectivity index (χ1n) is 2.53. The van der Waals surface area contributed by atoms with Crippen LogP contribution >= 0.6 is 0 Å². The van der Waals surface area contributed by atoms with Crippen molar-refractivity contribution < 1.29 is 13.2 Å². The van der Waals surface area contributed by atoms with Gasteiger partial charge in [0.15, 0.2) is 0 Å². The van der Waals surface area contributed by atoms with Crippen LogP contribution in [0.25, 0.3) is 0 Å². The average Bonchev–Trinajstić information content (AvgIpc) is 2.14. The lowest BCUT2D eigenvalue weighted by molar-refractivity contribution is 0.150. The molecule has 0 aliphatic heterocycles. The van der Waals surface area contributed by atoms with Crippen molar-refractivity contribution in [3.8, 4) is 0 Å². The predicted octanol–water partition coefficient (Wildman–Crippen LogP) is 2.53. The number of aryl methyl sites for hydroxylation is 1. The van der Waals surface area contributed by atoms with E-state index in [4.69, 9.17) is 0 Å². The molecular formula is C6H6F2O. The van der Waals surface area contributed by atoms with Gasteiger partial charge < -0.3 is 4.42 Å². The molecule has 0 fully saturated rings. The predicted molar refractivity (Wildman–Crippen MR) is 28.4 cm³/mol. The summed E-state index contributed by atoms with van der Waals surface area (Å²) in [6.45, 7) is 1.63. The van der Waals surface area contributed by atoms with Crippen molar-refractivity contribution in [2.24, 2.45) is 0 Å². The highest BCUT2D eigenvalue weighted by Crippen LogP contribution is 2.20. The van der Waals surface area contributed by atoms with Gasteiger partial charge in [-0.1, -0.05) is 0 Å². The molecule has 0 unspecified atom stereocenters. The molecule has 1 heterocycles. The third kappa shape index (κ3) is 1.28. The van der Waals surface area contributed by atoms with Crippen LogP contribution in [0.4, 0.5) is 8.78 Å². The average molecular weight is 132 g/mol. The van der Waals surface area contributed by atoms with E-state index in [0.29, 0.717) is 5.76 Å². The minimum Gasteiger partial charge on any atom is -0.469 e. The van der Waals surface area contributed by atoms with E-state index >= 15 is 0 Å². The van der Waals surface area contributed by atoms with E-state index < -0.39 is 6.43 Å². The second kappa shape index (κ2) is 2.17. The first kappa shape index (κ1) is 6.26. The van der Waals surface area contributed by atoms with E-state index in [-0.39, 0.29) is 5.56 Å². The molecule has 3 heteroatoms. The van der Waals surface area contributed by atoms with Gasteiger partial charge in [0.1, 0.15) is 5.76 Å². The molecule has 0 atom stereocenters. The van der Waals surface area contributed by atoms with Crippen molar-refractivity contribution >= 4 is 0 Å². The Morgan fingerprint density at radius 2 is 2.22 bits per heavy atom. The second-order valence-corrected chi connectivity index (χ2v) is 1.79. The summed E-state index contributed by atoms with van der Waals surface area (Å²) in [5.41, 5.74) is -0.0486. The largest absolute Gasteiger partial charge is 0.469 e. The Morgan fingerprint density at radius 1 is 1.56 bits per heavy atom. The minimum absolute atomic E-state index is 0.0486. The summed E-state index contributed by atoms with van der Waals surface area (Å²) >= 11 is 0. The van der Waals surface area contributed by atoms with E-state index in [1.54, 1.807) is 6.92 Å². The van der Waals surface area contributed by atoms with E-state index in [0.717, 1.165) is 6.26 Å². The SMILES string of the molecule is Cc1cc(C(F)F)co1. The fourth-order valence-electron chi connectivity index (χ4n) is 0.578. The second-order valence-electron chi connectivity index (χ2n) is 1.79. The van der Waals surface area contributed by atoms with Gasteiger partial charge in [0.2, 0.25) is 0 Å². The molecule has 1 aromatic heterocycles. The number of alkyl halides is 2. The standard InChI is InChI=1S/C6H6F2O/c1-4-2-5(3-9-4)6(7)8/h2-3,6H,1H3. The van der Waals surface area contributed by atoms with Gasteiger partial charge in [-0.05, 0) is 13.0 Å². The first-order valence-corrected chi connectivity index (χ1v) is 2.53. The lowest BCUT2D eigenvalue weighted by Crippen LogP contribution is -1.75. The van der Waals surface area contributed by atoms with Crippen LogP contribution < -0.4 is 0 Å². The molecule has 1 rings (SSSR count). The van der Waals surface area contributed by atoms with Gasteiger partial charge in [0.25, 0.3) is 6.43 Å². The summed E-state index contributed by atoms with van der Waals surface area (Å²) in [4.78, 5) is 0. The van der Waals surface area contributed by atoms with Crippen LogP contribution in [-0.4, -0.2) is 0 Å². The molecule has 9 heavy (non-hydrogen) atoms. The fraction of sp³-hybridized carbons (Fsp3) is 0.333. The third-order valence-corrected chi connectivity index (χ3v) is 1.00. The zero-order chi connectivity index (χ0) is 6.85. The Hall–Kier alpha value is -0.860. The molecule has 0 N–H and O–H groups in total. The Morgan fingerprint density at radius 3 is 2.44 bits per heavy atom. The van der Waals surface area contributed by atoms with E-state index in [9.17, 15) is 8.78 Å². The van der Waals surface area contributed by atoms with Gasteiger partial charge in [-0.25, -0.2) is 8.78 Å². The zero-order valence-electron chi connectivity index (χ0n) is 4.90. The lowest BCUT2D eigenvalue weighted by atomic mass is 10.3. The first-order chi connectivity index (χ1) is 4.20. The van der Waals surface area contributed by atoms with Crippen LogP contribution in [0.1, 0.15) is 17.7 Å². The molecule has 0 aromatic carbocycles. The van der Waals surface area contributed by atoms with Crippen LogP contribution in [0.3, 0.4) is 0 Å². The third-order valence-electron chi connectivity index (χ3n) is 1.00. The maximum absolute atomic E-state index is 11.7. The van der Waals surface area contributed by atoms with Gasteiger partial charge in [-0.2, -0.15) is 0 Å². The smallest absolute Gasteiger partial charge is 0.266 e. The fourth-order valence-corrected chi connectivity index (χ4v) is 0.578. The highest BCUT2D eigenvalue weighted by molar-refractivity contribution is 5.12. The van der Waals surface area contributed by atoms with Gasteiger partial charge in [0, 0.05) is 0 Å². The summed E-state index contributed by atoms with van der Waals surface area (Å²) in [5.74, 6) is 0.519. The summed E-state index contributed by atoms with van der Waals surface area (Å²) in [6.07, 6.45) is -1.34. The Labute approximate surface area is 51.3 Å². The maximum Gasteiger partial charge on any atom is 0.266 e. The van der Waals surface area contributed by atoms with Crippen LogP contribution in [0.2, 0.25) is 0 Å². The normalized spacial score (nSPS) is 10.7. The van der Waals surface area contributed by atoms with Gasteiger partial charge in [-0.15, -0.1) is 0 Å². The van der Waals surface area contributed by atoms with Gasteiger partial charge in [-0.3, -0.25) is 0 Å². The van der Waals surface area contributed by atoms with Crippen molar-refractivity contribution in [3.05, 3.63) is 23.7 Å². The molecule has 0 radical (unpaired) electrons. The summed E-state index contributed by atoms with van der Waals surface area (Å²) in [7, 11) is 0.